The van der Waals surface area contributed by atoms with Gasteiger partial charge in [-0.2, -0.15) is 0 Å². The van der Waals surface area contributed by atoms with Crippen LogP contribution < -0.4 is 5.32 Å². The number of hydrogen-bond donors (Lipinski definition) is 4. The van der Waals surface area contributed by atoms with Crippen LogP contribution in [0.15, 0.2) is 41.3 Å². The quantitative estimate of drug-likeness (QED) is 0.330. The Hall–Kier alpha value is -2.15. The smallest absolute Gasteiger partial charge is 0.255 e. The molecule has 0 bridgehead atoms. The molecule has 2 aromatic rings. The summed E-state index contributed by atoms with van der Waals surface area (Å²) < 4.78 is 59.7. The molecule has 0 heterocycles. The first kappa shape index (κ1) is 31.4. The molecule has 1 amide bonds. The lowest BCUT2D eigenvalue weighted by atomic mass is 9.68. The van der Waals surface area contributed by atoms with Crippen molar-refractivity contribution in [1.29, 1.82) is 0 Å². The average Bonchev–Trinajstić information content (AvgIpc) is 2.87. The van der Waals surface area contributed by atoms with Crippen LogP contribution in [0.1, 0.15) is 50.4 Å². The van der Waals surface area contributed by atoms with E-state index in [9.17, 15) is 37.3 Å². The molecule has 0 aliphatic heterocycles. The van der Waals surface area contributed by atoms with Gasteiger partial charge in [0.05, 0.1) is 40.1 Å². The van der Waals surface area contributed by atoms with Crippen molar-refractivity contribution in [2.24, 2.45) is 11.8 Å². The van der Waals surface area contributed by atoms with Gasteiger partial charge in [0, 0.05) is 17.3 Å². The number of anilines is 1. The predicted molar refractivity (Wildman–Crippen MR) is 142 cm³/mol. The second kappa shape index (κ2) is 12.6. The molecule has 3 rings (SSSR count). The third-order valence-corrected chi connectivity index (χ3v) is 10.2. The zero-order valence-corrected chi connectivity index (χ0v) is 23.5. The summed E-state index contributed by atoms with van der Waals surface area (Å²) in [6.07, 6.45) is -1.45. The van der Waals surface area contributed by atoms with Crippen LogP contribution in [0.25, 0.3) is 0 Å². The fourth-order valence-electron chi connectivity index (χ4n) is 4.95. The maximum absolute atomic E-state index is 13.7. The molecule has 39 heavy (non-hydrogen) atoms. The molecule has 8 nitrogen and oxygen atoms in total. The molecular formula is C27H34ClF2NO7S. The Morgan fingerprint density at radius 3 is 2.49 bits per heavy atom. The van der Waals surface area contributed by atoms with Gasteiger partial charge in [-0.3, -0.25) is 4.79 Å². The van der Waals surface area contributed by atoms with Gasteiger partial charge in [-0.1, -0.05) is 31.9 Å². The van der Waals surface area contributed by atoms with Crippen molar-refractivity contribution in [1.82, 2.24) is 0 Å². The molecular weight excluding hydrogens is 556 g/mol. The van der Waals surface area contributed by atoms with Crippen LogP contribution >= 0.6 is 11.6 Å². The Labute approximate surface area is 231 Å². The number of carbonyl (C=O) groups is 1. The fourth-order valence-corrected chi connectivity index (χ4v) is 7.41. The van der Waals surface area contributed by atoms with Gasteiger partial charge in [0.15, 0.2) is 21.5 Å². The van der Waals surface area contributed by atoms with Crippen LogP contribution in [-0.2, 0) is 14.6 Å². The molecule has 0 saturated heterocycles. The molecule has 1 saturated carbocycles. The summed E-state index contributed by atoms with van der Waals surface area (Å²) in [4.78, 5) is 12.5. The van der Waals surface area contributed by atoms with Crippen molar-refractivity contribution < 1.29 is 42.0 Å². The minimum atomic E-state index is -4.05. The second-order valence-corrected chi connectivity index (χ2v) is 12.8. The first-order valence-electron chi connectivity index (χ1n) is 12.7. The van der Waals surface area contributed by atoms with E-state index in [-0.39, 0.29) is 47.2 Å². The van der Waals surface area contributed by atoms with Crippen molar-refractivity contribution in [2.45, 2.75) is 68.0 Å². The minimum absolute atomic E-state index is 0.00683. The highest BCUT2D eigenvalue weighted by Gasteiger charge is 2.50. The number of aliphatic hydroxyl groups is 3. The number of sulfone groups is 1. The van der Waals surface area contributed by atoms with Crippen molar-refractivity contribution >= 4 is 33.0 Å². The predicted octanol–water partition coefficient (Wildman–Crippen LogP) is 3.96. The van der Waals surface area contributed by atoms with E-state index in [0.29, 0.717) is 6.42 Å². The fraction of sp³-hybridized carbons (Fsp3) is 0.519. The highest BCUT2D eigenvalue weighted by molar-refractivity contribution is 7.92. The Morgan fingerprint density at radius 1 is 1.18 bits per heavy atom. The number of hydrogen-bond acceptors (Lipinski definition) is 7. The zero-order valence-electron chi connectivity index (χ0n) is 21.9. The van der Waals surface area contributed by atoms with Gasteiger partial charge < -0.3 is 25.4 Å². The van der Waals surface area contributed by atoms with Crippen molar-refractivity contribution in [3.8, 4) is 0 Å². The summed E-state index contributed by atoms with van der Waals surface area (Å²) in [5, 5.41) is 32.1. The third kappa shape index (κ3) is 6.96. The summed E-state index contributed by atoms with van der Waals surface area (Å²) in [6, 6.07) is 6.61. The van der Waals surface area contributed by atoms with Gasteiger partial charge >= 0.3 is 0 Å². The monoisotopic (exact) mass is 589 g/mol. The summed E-state index contributed by atoms with van der Waals surface area (Å²) in [5.74, 6) is -3.91. The van der Waals surface area contributed by atoms with E-state index in [0.717, 1.165) is 18.2 Å². The highest BCUT2D eigenvalue weighted by atomic mass is 35.5. The van der Waals surface area contributed by atoms with Crippen LogP contribution in [0.4, 0.5) is 14.5 Å². The molecule has 6 atom stereocenters. The maximum atomic E-state index is 13.7. The Kier molecular flexibility index (Phi) is 10.1. The molecule has 1 aliphatic rings. The Bertz CT molecular complexity index is 1290. The first-order valence-corrected chi connectivity index (χ1v) is 14.6. The van der Waals surface area contributed by atoms with E-state index in [4.69, 9.17) is 16.3 Å². The highest BCUT2D eigenvalue weighted by Crippen LogP contribution is 2.44. The summed E-state index contributed by atoms with van der Waals surface area (Å²) in [6.45, 7) is 4.66. The molecule has 0 aromatic heterocycles. The average molecular weight is 590 g/mol. The Balaban J connectivity index is 1.81. The van der Waals surface area contributed by atoms with Gasteiger partial charge in [-0.15, -0.1) is 0 Å². The standard InChI is InChI=1S/C27H34ClF2NO7S/c1-4-18-11-20(9-15(2)27(18,35)14-38-13-24(33)16(3)32)39(36,37)25-10-17(5-7-21(25)28)26(34)31-19-6-8-22(29)23(30)12-19/h5-8,10,12,15-16,18,20,24,32-33,35H,4,9,11,13-14H2,1-3H3,(H,31,34)/t15-,16-,18?,20-,24-,27-/m0/s1. The SMILES string of the molecule is CCC1C[C@@H](S(=O)(=O)c2cc(C(=O)Nc3ccc(F)c(F)c3)ccc2Cl)C[C@H](C)[C@@]1(O)COC[C@H](O)[C@H](C)O. The van der Waals surface area contributed by atoms with Crippen molar-refractivity contribution in [3.63, 3.8) is 0 Å². The van der Waals surface area contributed by atoms with Gasteiger partial charge in [0.1, 0.15) is 6.10 Å². The van der Waals surface area contributed by atoms with Crippen LogP contribution in [-0.4, -0.2) is 65.9 Å². The Morgan fingerprint density at radius 2 is 1.87 bits per heavy atom. The summed E-state index contributed by atoms with van der Waals surface area (Å²) in [7, 11) is -4.05. The van der Waals surface area contributed by atoms with E-state index in [1.165, 1.54) is 25.1 Å². The van der Waals surface area contributed by atoms with Gasteiger partial charge in [-0.25, -0.2) is 17.2 Å². The number of ether oxygens (including phenoxy) is 1. The van der Waals surface area contributed by atoms with Gasteiger partial charge in [-0.05, 0) is 61.9 Å². The number of nitrogens with one attached hydrogen (secondary N) is 1. The normalized spacial score (nSPS) is 25.2. The van der Waals surface area contributed by atoms with Gasteiger partial charge in [0.25, 0.3) is 5.91 Å². The van der Waals surface area contributed by atoms with E-state index < -0.39 is 62.3 Å². The van der Waals surface area contributed by atoms with Gasteiger partial charge in [0.2, 0.25) is 0 Å². The van der Waals surface area contributed by atoms with Crippen molar-refractivity contribution in [3.05, 3.63) is 58.6 Å². The number of halogens is 3. The molecule has 1 unspecified atom stereocenters. The van der Waals surface area contributed by atoms with Crippen LogP contribution in [0.2, 0.25) is 5.02 Å². The molecule has 0 radical (unpaired) electrons. The number of amides is 1. The topological polar surface area (TPSA) is 133 Å². The largest absolute Gasteiger partial charge is 0.391 e. The van der Waals surface area contributed by atoms with Crippen LogP contribution in [0.3, 0.4) is 0 Å². The molecule has 216 valence electrons. The molecule has 0 spiro atoms. The number of aliphatic hydroxyl groups excluding tert-OH is 2. The molecule has 1 fully saturated rings. The summed E-state index contributed by atoms with van der Waals surface area (Å²) >= 11 is 6.27. The molecule has 1 aliphatic carbocycles. The molecule has 2 aromatic carbocycles. The van der Waals surface area contributed by atoms with E-state index in [1.807, 2.05) is 6.92 Å². The molecule has 12 heteroatoms. The number of rotatable bonds is 10. The van der Waals surface area contributed by atoms with Crippen LogP contribution in [0, 0.1) is 23.5 Å². The summed E-state index contributed by atoms with van der Waals surface area (Å²) in [5.41, 5.74) is -1.40. The van der Waals surface area contributed by atoms with Crippen molar-refractivity contribution in [2.75, 3.05) is 18.5 Å². The lowest BCUT2D eigenvalue weighted by Crippen LogP contribution is -2.54. The van der Waals surface area contributed by atoms with E-state index in [2.05, 4.69) is 5.32 Å². The lowest BCUT2D eigenvalue weighted by Gasteiger charge is -2.47. The molecule has 4 N–H and O–H groups in total. The van der Waals surface area contributed by atoms with Crippen LogP contribution in [0.5, 0.6) is 0 Å². The second-order valence-electron chi connectivity index (χ2n) is 10.2. The lowest BCUT2D eigenvalue weighted by molar-refractivity contribution is -0.148. The number of benzene rings is 2. The van der Waals surface area contributed by atoms with E-state index in [1.54, 1.807) is 6.92 Å². The third-order valence-electron chi connectivity index (χ3n) is 7.51. The minimum Gasteiger partial charge on any atom is -0.391 e. The maximum Gasteiger partial charge on any atom is 0.255 e. The van der Waals surface area contributed by atoms with E-state index >= 15 is 0 Å². The number of carbonyl (C=O) groups excluding carboxylic acids is 1. The first-order chi connectivity index (χ1) is 18.2. The zero-order chi connectivity index (χ0) is 29.1.